The molecule has 0 bridgehead atoms. The molecule has 0 spiro atoms. The smallest absolute Gasteiger partial charge is 0.242 e. The number of hydrogen-bond donors (Lipinski definition) is 1. The first-order chi connectivity index (χ1) is 10.0. The van der Waals surface area contributed by atoms with E-state index in [1.807, 2.05) is 6.07 Å². The van der Waals surface area contributed by atoms with Gasteiger partial charge >= 0.3 is 0 Å². The second-order valence-electron chi connectivity index (χ2n) is 4.29. The van der Waals surface area contributed by atoms with Gasteiger partial charge in [-0.2, -0.15) is 0 Å². The van der Waals surface area contributed by atoms with Crippen LogP contribution in [0.2, 0.25) is 5.02 Å². The Bertz CT molecular complexity index is 692. The van der Waals surface area contributed by atoms with Crippen molar-refractivity contribution < 1.29 is 13.2 Å². The Labute approximate surface area is 129 Å². The number of ether oxygens (including phenoxy) is 1. The summed E-state index contributed by atoms with van der Waals surface area (Å²) in [7, 11) is -2.12. The molecule has 7 heteroatoms. The third kappa shape index (κ3) is 4.01. The van der Waals surface area contributed by atoms with Gasteiger partial charge in [-0.15, -0.1) is 0 Å². The third-order valence-corrected chi connectivity index (χ3v) is 4.69. The Balaban J connectivity index is 2.13. The van der Waals surface area contributed by atoms with Crippen molar-refractivity contribution in [2.75, 3.05) is 13.7 Å². The molecule has 0 aliphatic carbocycles. The highest BCUT2D eigenvalue weighted by atomic mass is 35.5. The van der Waals surface area contributed by atoms with Gasteiger partial charge in [0.25, 0.3) is 0 Å². The topological polar surface area (TPSA) is 68.3 Å². The highest BCUT2D eigenvalue weighted by Gasteiger charge is 2.19. The molecule has 112 valence electrons. The zero-order valence-electron chi connectivity index (χ0n) is 11.4. The van der Waals surface area contributed by atoms with Crippen LogP contribution in [-0.4, -0.2) is 27.1 Å². The summed E-state index contributed by atoms with van der Waals surface area (Å²) in [5.74, 6) is 0. The molecule has 0 aliphatic rings. The predicted octanol–water partition coefficient (Wildman–Crippen LogP) is 2.40. The monoisotopic (exact) mass is 326 g/mol. The minimum Gasteiger partial charge on any atom is -0.375 e. The van der Waals surface area contributed by atoms with Gasteiger partial charge in [-0.1, -0.05) is 29.8 Å². The Morgan fingerprint density at radius 1 is 1.29 bits per heavy atom. The van der Waals surface area contributed by atoms with Crippen molar-refractivity contribution in [3.8, 4) is 0 Å². The van der Waals surface area contributed by atoms with Gasteiger partial charge in [-0.05, 0) is 18.2 Å². The van der Waals surface area contributed by atoms with Crippen LogP contribution in [0.4, 0.5) is 0 Å². The van der Waals surface area contributed by atoms with Crippen LogP contribution in [0.25, 0.3) is 0 Å². The van der Waals surface area contributed by atoms with Gasteiger partial charge in [-0.25, -0.2) is 13.1 Å². The van der Waals surface area contributed by atoms with E-state index in [0.717, 1.165) is 5.56 Å². The predicted molar refractivity (Wildman–Crippen MR) is 80.6 cm³/mol. The number of benzene rings is 1. The molecule has 0 radical (unpaired) electrons. The van der Waals surface area contributed by atoms with Crippen molar-refractivity contribution in [3.05, 3.63) is 59.4 Å². The van der Waals surface area contributed by atoms with Gasteiger partial charge in [0, 0.05) is 36.6 Å². The van der Waals surface area contributed by atoms with E-state index in [9.17, 15) is 8.42 Å². The molecule has 0 saturated heterocycles. The lowest BCUT2D eigenvalue weighted by molar-refractivity contribution is 0.107. The van der Waals surface area contributed by atoms with E-state index >= 15 is 0 Å². The maximum atomic E-state index is 12.1. The van der Waals surface area contributed by atoms with Crippen LogP contribution in [0.1, 0.15) is 11.7 Å². The zero-order valence-corrected chi connectivity index (χ0v) is 12.9. The lowest BCUT2D eigenvalue weighted by Gasteiger charge is -2.17. The largest absolute Gasteiger partial charge is 0.375 e. The summed E-state index contributed by atoms with van der Waals surface area (Å²) >= 11 is 6.10. The molecule has 0 aliphatic heterocycles. The Morgan fingerprint density at radius 2 is 2.05 bits per heavy atom. The first-order valence-electron chi connectivity index (χ1n) is 6.21. The summed E-state index contributed by atoms with van der Waals surface area (Å²) in [5.41, 5.74) is 0.732. The van der Waals surface area contributed by atoms with Crippen LogP contribution in [0.15, 0.2) is 53.7 Å². The third-order valence-electron chi connectivity index (χ3n) is 2.94. The fraction of sp³-hybridized carbons (Fsp3) is 0.214. The highest BCUT2D eigenvalue weighted by molar-refractivity contribution is 7.89. The molecule has 0 saturated carbocycles. The molecule has 5 nitrogen and oxygen atoms in total. The van der Waals surface area contributed by atoms with Gasteiger partial charge < -0.3 is 4.74 Å². The zero-order chi connectivity index (χ0) is 15.3. The van der Waals surface area contributed by atoms with Crippen LogP contribution in [0.3, 0.4) is 0 Å². The van der Waals surface area contributed by atoms with E-state index in [1.165, 1.54) is 25.6 Å². The number of nitrogens with one attached hydrogen (secondary N) is 1. The lowest BCUT2D eigenvalue weighted by Crippen LogP contribution is -2.29. The van der Waals surface area contributed by atoms with Crippen molar-refractivity contribution in [2.45, 2.75) is 11.0 Å². The first-order valence-corrected chi connectivity index (χ1v) is 8.07. The van der Waals surface area contributed by atoms with E-state index in [2.05, 4.69) is 9.71 Å². The molecule has 1 atom stereocenters. The number of pyridine rings is 1. The van der Waals surface area contributed by atoms with Gasteiger partial charge in [0.2, 0.25) is 10.0 Å². The minimum atomic E-state index is -3.62. The molecular weight excluding hydrogens is 312 g/mol. The fourth-order valence-electron chi connectivity index (χ4n) is 1.83. The molecule has 1 N–H and O–H groups in total. The number of sulfonamides is 1. The number of aromatic nitrogens is 1. The summed E-state index contributed by atoms with van der Waals surface area (Å²) in [5, 5.41) is 0.532. The fourth-order valence-corrected chi connectivity index (χ4v) is 3.08. The van der Waals surface area contributed by atoms with E-state index in [0.29, 0.717) is 5.02 Å². The van der Waals surface area contributed by atoms with Crippen LogP contribution < -0.4 is 4.72 Å². The van der Waals surface area contributed by atoms with Gasteiger partial charge in [-0.3, -0.25) is 4.98 Å². The Kier molecular flexibility index (Phi) is 5.30. The number of nitrogens with zero attached hydrogens (tertiary/aromatic N) is 1. The second kappa shape index (κ2) is 7.00. The van der Waals surface area contributed by atoms with Crippen molar-refractivity contribution in [2.24, 2.45) is 0 Å². The van der Waals surface area contributed by atoms with Gasteiger partial charge in [0.15, 0.2) is 0 Å². The average molecular weight is 327 g/mol. The molecule has 0 unspecified atom stereocenters. The quantitative estimate of drug-likeness (QED) is 0.885. The summed E-state index contributed by atoms with van der Waals surface area (Å²) in [6.45, 7) is 0.0808. The van der Waals surface area contributed by atoms with Crippen molar-refractivity contribution in [3.63, 3.8) is 0 Å². The average Bonchev–Trinajstić information content (AvgIpc) is 2.50. The normalized spacial score (nSPS) is 13.0. The summed E-state index contributed by atoms with van der Waals surface area (Å²) in [6.07, 6.45) is 2.34. The number of halogens is 1. The summed E-state index contributed by atoms with van der Waals surface area (Å²) in [6, 6.07) is 10.2. The molecule has 2 rings (SSSR count). The van der Waals surface area contributed by atoms with E-state index in [-0.39, 0.29) is 11.4 Å². The van der Waals surface area contributed by atoms with Crippen molar-refractivity contribution in [1.82, 2.24) is 9.71 Å². The van der Waals surface area contributed by atoms with Crippen LogP contribution in [0, 0.1) is 0 Å². The van der Waals surface area contributed by atoms with Gasteiger partial charge in [0.1, 0.15) is 4.90 Å². The van der Waals surface area contributed by atoms with Gasteiger partial charge in [0.05, 0.1) is 6.10 Å². The van der Waals surface area contributed by atoms with E-state index in [4.69, 9.17) is 16.3 Å². The van der Waals surface area contributed by atoms with Crippen molar-refractivity contribution >= 4 is 21.6 Å². The highest BCUT2D eigenvalue weighted by Crippen LogP contribution is 2.24. The molecule has 0 amide bonds. The Morgan fingerprint density at radius 3 is 2.67 bits per heavy atom. The molecule has 21 heavy (non-hydrogen) atoms. The first kappa shape index (κ1) is 15.9. The minimum absolute atomic E-state index is 0.0808. The number of hydrogen-bond acceptors (Lipinski definition) is 4. The summed E-state index contributed by atoms with van der Waals surface area (Å²) in [4.78, 5) is 3.91. The standard InChI is InChI=1S/C14H15ClN2O3S/c1-20-14(12-6-2-3-7-13(12)15)10-17-21(18,19)11-5-4-8-16-9-11/h2-9,14,17H,10H2,1H3/t14-/m1/s1. The van der Waals surface area contributed by atoms with Crippen LogP contribution in [-0.2, 0) is 14.8 Å². The molecule has 2 aromatic rings. The van der Waals surface area contributed by atoms with Crippen molar-refractivity contribution in [1.29, 1.82) is 0 Å². The van der Waals surface area contributed by atoms with E-state index in [1.54, 1.807) is 24.3 Å². The second-order valence-corrected chi connectivity index (χ2v) is 6.46. The molecule has 0 fully saturated rings. The number of methoxy groups -OCH3 is 1. The van der Waals surface area contributed by atoms with Crippen LogP contribution in [0.5, 0.6) is 0 Å². The maximum Gasteiger partial charge on any atom is 0.242 e. The molecule has 1 aromatic carbocycles. The Hall–Kier alpha value is -1.47. The molecule has 1 heterocycles. The maximum absolute atomic E-state index is 12.1. The molecule has 1 aromatic heterocycles. The van der Waals surface area contributed by atoms with Crippen LogP contribution >= 0.6 is 11.6 Å². The lowest BCUT2D eigenvalue weighted by atomic mass is 10.1. The van der Waals surface area contributed by atoms with E-state index < -0.39 is 16.1 Å². The SMILES string of the molecule is CO[C@H](CNS(=O)(=O)c1cccnc1)c1ccccc1Cl. The summed E-state index contributed by atoms with van der Waals surface area (Å²) < 4.78 is 32.1. The number of rotatable bonds is 6. The molecular formula is C14H15ClN2O3S.